The summed E-state index contributed by atoms with van der Waals surface area (Å²) in [5, 5.41) is 9.31. The van der Waals surface area contributed by atoms with Crippen LogP contribution in [0.3, 0.4) is 0 Å². The van der Waals surface area contributed by atoms with Gasteiger partial charge in [-0.25, -0.2) is 0 Å². The summed E-state index contributed by atoms with van der Waals surface area (Å²) in [5.41, 5.74) is 0.814. The zero-order chi connectivity index (χ0) is 13.8. The molecule has 0 radical (unpaired) electrons. The maximum atomic E-state index is 11.5. The highest BCUT2D eigenvalue weighted by molar-refractivity contribution is 6.30. The molecule has 5 heteroatoms. The number of ether oxygens (including phenoxy) is 1. The van der Waals surface area contributed by atoms with Crippen LogP contribution >= 0.6 is 11.6 Å². The number of halogens is 1. The van der Waals surface area contributed by atoms with Crippen LogP contribution in [0.2, 0.25) is 5.02 Å². The molecule has 2 rings (SSSR count). The van der Waals surface area contributed by atoms with E-state index in [4.69, 9.17) is 21.6 Å². The van der Waals surface area contributed by atoms with Crippen molar-refractivity contribution in [3.05, 3.63) is 52.8 Å². The molecule has 0 spiro atoms. The highest BCUT2D eigenvalue weighted by Gasteiger charge is 2.11. The van der Waals surface area contributed by atoms with E-state index in [9.17, 15) is 4.79 Å². The summed E-state index contributed by atoms with van der Waals surface area (Å²) in [5.74, 6) is 0.579. The molecule has 0 atom stereocenters. The van der Waals surface area contributed by atoms with Crippen LogP contribution in [0.1, 0.15) is 22.8 Å². The zero-order valence-electron chi connectivity index (χ0n) is 10.1. The van der Waals surface area contributed by atoms with Crippen molar-refractivity contribution in [1.82, 2.24) is 4.98 Å². The summed E-state index contributed by atoms with van der Waals surface area (Å²) in [6.45, 7) is 1.43. The Morgan fingerprint density at radius 3 is 2.79 bits per heavy atom. The van der Waals surface area contributed by atoms with E-state index in [2.05, 4.69) is 4.98 Å². The number of aromatic nitrogens is 1. The van der Waals surface area contributed by atoms with Gasteiger partial charge in [0.1, 0.15) is 11.5 Å². The van der Waals surface area contributed by atoms with Gasteiger partial charge in [0.15, 0.2) is 5.78 Å². The second-order valence-corrected chi connectivity index (χ2v) is 4.26. The first-order valence-electron chi connectivity index (χ1n) is 5.43. The molecule has 0 unspecified atom stereocenters. The molecule has 0 aliphatic rings. The van der Waals surface area contributed by atoms with Gasteiger partial charge in [-0.15, -0.1) is 0 Å². The Morgan fingerprint density at radius 1 is 1.37 bits per heavy atom. The summed E-state index contributed by atoms with van der Waals surface area (Å²) in [7, 11) is 0. The van der Waals surface area contributed by atoms with Gasteiger partial charge in [-0.05, 0) is 25.1 Å². The van der Waals surface area contributed by atoms with Crippen LogP contribution in [-0.4, -0.2) is 10.8 Å². The standard InChI is InChI=1S/C14H9ClN2O2/c1-9(18)13-3-2-10(6-16)4-14(13)19-12-5-11(15)7-17-8-12/h2-5,7-8H,1H3. The van der Waals surface area contributed by atoms with Gasteiger partial charge in [0.05, 0.1) is 28.4 Å². The van der Waals surface area contributed by atoms with Gasteiger partial charge in [0.25, 0.3) is 0 Å². The third-order valence-electron chi connectivity index (χ3n) is 2.40. The topological polar surface area (TPSA) is 63.0 Å². The number of benzene rings is 1. The van der Waals surface area contributed by atoms with Crippen LogP contribution in [0.15, 0.2) is 36.7 Å². The molecule has 0 N–H and O–H groups in total. The summed E-state index contributed by atoms with van der Waals surface area (Å²) in [6, 6.07) is 8.22. The number of carbonyl (C=O) groups is 1. The molecule has 2 aromatic rings. The second kappa shape index (κ2) is 5.51. The number of Topliss-reactive ketones (excluding diaryl/α,β-unsaturated/α-hetero) is 1. The van der Waals surface area contributed by atoms with Crippen molar-refractivity contribution in [2.45, 2.75) is 6.92 Å². The monoisotopic (exact) mass is 272 g/mol. The van der Waals surface area contributed by atoms with Gasteiger partial charge < -0.3 is 4.74 Å². The first kappa shape index (κ1) is 13.1. The van der Waals surface area contributed by atoms with Crippen molar-refractivity contribution in [3.63, 3.8) is 0 Å². The minimum absolute atomic E-state index is 0.144. The van der Waals surface area contributed by atoms with Crippen LogP contribution in [0, 0.1) is 11.3 Å². The first-order valence-corrected chi connectivity index (χ1v) is 5.81. The van der Waals surface area contributed by atoms with E-state index in [1.807, 2.05) is 6.07 Å². The summed E-state index contributed by atoms with van der Waals surface area (Å²) in [4.78, 5) is 15.4. The number of hydrogen-bond acceptors (Lipinski definition) is 4. The van der Waals surface area contributed by atoms with E-state index in [0.717, 1.165) is 0 Å². The molecule has 1 aromatic heterocycles. The third kappa shape index (κ3) is 3.09. The van der Waals surface area contributed by atoms with E-state index in [0.29, 0.717) is 27.6 Å². The molecule has 19 heavy (non-hydrogen) atoms. The predicted octanol–water partition coefficient (Wildman–Crippen LogP) is 3.60. The average Bonchev–Trinajstić information content (AvgIpc) is 2.38. The minimum atomic E-state index is -0.144. The molecule has 0 fully saturated rings. The van der Waals surface area contributed by atoms with Gasteiger partial charge in [-0.2, -0.15) is 5.26 Å². The molecule has 0 saturated carbocycles. The highest BCUT2D eigenvalue weighted by atomic mass is 35.5. The molecule has 0 aliphatic carbocycles. The average molecular weight is 273 g/mol. The fourth-order valence-corrected chi connectivity index (χ4v) is 1.71. The van der Waals surface area contributed by atoms with Crippen LogP contribution in [-0.2, 0) is 0 Å². The number of carbonyl (C=O) groups excluding carboxylic acids is 1. The maximum Gasteiger partial charge on any atom is 0.163 e. The van der Waals surface area contributed by atoms with Gasteiger partial charge in [0, 0.05) is 12.3 Å². The summed E-state index contributed by atoms with van der Waals surface area (Å²) >= 11 is 5.81. The van der Waals surface area contributed by atoms with Crippen LogP contribution in [0.5, 0.6) is 11.5 Å². The Labute approximate surface area is 115 Å². The summed E-state index contributed by atoms with van der Waals surface area (Å²) < 4.78 is 5.58. The Bertz CT molecular complexity index is 677. The molecular formula is C14H9ClN2O2. The van der Waals surface area contributed by atoms with Crippen molar-refractivity contribution < 1.29 is 9.53 Å². The Kier molecular flexibility index (Phi) is 3.79. The fraction of sp³-hybridized carbons (Fsp3) is 0.0714. The molecule has 0 saturated heterocycles. The quantitative estimate of drug-likeness (QED) is 0.801. The largest absolute Gasteiger partial charge is 0.455 e. The smallest absolute Gasteiger partial charge is 0.163 e. The van der Waals surface area contributed by atoms with Crippen LogP contribution < -0.4 is 4.74 Å². The molecule has 1 aromatic carbocycles. The van der Waals surface area contributed by atoms with E-state index in [1.54, 1.807) is 18.2 Å². The van der Waals surface area contributed by atoms with E-state index >= 15 is 0 Å². The van der Waals surface area contributed by atoms with Gasteiger partial charge in [0.2, 0.25) is 0 Å². The normalized spacial score (nSPS) is 9.74. The van der Waals surface area contributed by atoms with Gasteiger partial charge >= 0.3 is 0 Å². The Hall–Kier alpha value is -2.38. The van der Waals surface area contributed by atoms with Crippen LogP contribution in [0.4, 0.5) is 0 Å². The summed E-state index contributed by atoms with van der Waals surface area (Å²) in [6.07, 6.45) is 2.96. The Balaban J connectivity index is 2.43. The van der Waals surface area contributed by atoms with Crippen molar-refractivity contribution in [2.75, 3.05) is 0 Å². The lowest BCUT2D eigenvalue weighted by molar-refractivity contribution is 0.101. The fourth-order valence-electron chi connectivity index (χ4n) is 1.54. The second-order valence-electron chi connectivity index (χ2n) is 3.82. The molecular weight excluding hydrogens is 264 g/mol. The minimum Gasteiger partial charge on any atom is -0.455 e. The number of hydrogen-bond donors (Lipinski definition) is 0. The first-order chi connectivity index (χ1) is 9.10. The zero-order valence-corrected chi connectivity index (χ0v) is 10.8. The van der Waals surface area contributed by atoms with Crippen molar-refractivity contribution in [2.24, 2.45) is 0 Å². The third-order valence-corrected chi connectivity index (χ3v) is 2.60. The lowest BCUT2D eigenvalue weighted by Crippen LogP contribution is -1.98. The molecule has 0 bridgehead atoms. The Morgan fingerprint density at radius 2 is 2.16 bits per heavy atom. The van der Waals surface area contributed by atoms with Crippen LogP contribution in [0.25, 0.3) is 0 Å². The molecule has 94 valence electrons. The number of nitrogens with zero attached hydrogens (tertiary/aromatic N) is 2. The van der Waals surface area contributed by atoms with Crippen molar-refractivity contribution in [3.8, 4) is 17.6 Å². The highest BCUT2D eigenvalue weighted by Crippen LogP contribution is 2.27. The number of nitriles is 1. The van der Waals surface area contributed by atoms with Gasteiger partial charge in [-0.3, -0.25) is 9.78 Å². The SMILES string of the molecule is CC(=O)c1ccc(C#N)cc1Oc1cncc(Cl)c1. The maximum absolute atomic E-state index is 11.5. The number of pyridine rings is 1. The molecule has 0 aliphatic heterocycles. The van der Waals surface area contributed by atoms with E-state index in [1.165, 1.54) is 25.4 Å². The molecule has 4 nitrogen and oxygen atoms in total. The number of rotatable bonds is 3. The predicted molar refractivity (Wildman–Crippen MR) is 70.5 cm³/mol. The number of ketones is 1. The molecule has 0 amide bonds. The van der Waals surface area contributed by atoms with E-state index in [-0.39, 0.29) is 5.78 Å². The van der Waals surface area contributed by atoms with E-state index < -0.39 is 0 Å². The van der Waals surface area contributed by atoms with Crippen molar-refractivity contribution >= 4 is 17.4 Å². The lowest BCUT2D eigenvalue weighted by Gasteiger charge is -2.09. The molecule has 1 heterocycles. The lowest BCUT2D eigenvalue weighted by atomic mass is 10.1. The van der Waals surface area contributed by atoms with Gasteiger partial charge in [-0.1, -0.05) is 11.6 Å². The van der Waals surface area contributed by atoms with Crippen molar-refractivity contribution in [1.29, 1.82) is 5.26 Å².